The fraction of sp³-hybridized carbons (Fsp3) is 0.676. The Labute approximate surface area is 480 Å². The van der Waals surface area contributed by atoms with Gasteiger partial charge >= 0.3 is 5.97 Å². The fourth-order valence-corrected chi connectivity index (χ4v) is 9.13. The molecule has 0 aliphatic rings. The first kappa shape index (κ1) is 74.4. The van der Waals surface area contributed by atoms with Crippen LogP contribution in [0.2, 0.25) is 0 Å². The molecule has 0 aromatic carbocycles. The first-order valence-corrected chi connectivity index (χ1v) is 32.8. The molecule has 0 radical (unpaired) electrons. The summed E-state index contributed by atoms with van der Waals surface area (Å²) in [6, 6.07) is -0.910. The predicted octanol–water partition coefficient (Wildman–Crippen LogP) is 18.9. The van der Waals surface area contributed by atoms with Gasteiger partial charge in [0.25, 0.3) is 7.82 Å². The number of phosphoric acid groups is 1. The number of hydrogen-bond donors (Lipinski definition) is 1. The van der Waals surface area contributed by atoms with Crippen LogP contribution in [0.5, 0.6) is 0 Å². The van der Waals surface area contributed by atoms with E-state index in [9.17, 15) is 19.0 Å². The van der Waals surface area contributed by atoms with Crippen molar-refractivity contribution in [3.8, 4) is 0 Å². The summed E-state index contributed by atoms with van der Waals surface area (Å²) < 4.78 is 30.3. The summed E-state index contributed by atoms with van der Waals surface area (Å²) in [5.74, 6) is -0.582. The number of carbonyl (C=O) groups excluding carboxylic acids is 2. The van der Waals surface area contributed by atoms with E-state index in [0.29, 0.717) is 23.9 Å². The van der Waals surface area contributed by atoms with Gasteiger partial charge in [-0.2, -0.15) is 0 Å². The SMILES string of the molecule is CC/C=C\C/C=C\C/C=C\C/C=C\C/C=C\C/C=C\CCCCCCCCCCC(=O)OC(/C=C\CCCCCCCCCCCC)C(COP(=O)([O-])OCC[N+](C)(C)C)NC(=O)CCCCCCC\C=C/C=C/C=C/CC. The van der Waals surface area contributed by atoms with Crippen molar-refractivity contribution < 1.29 is 37.3 Å². The highest BCUT2D eigenvalue weighted by molar-refractivity contribution is 7.45. The minimum atomic E-state index is -4.71. The van der Waals surface area contributed by atoms with Crippen LogP contribution < -0.4 is 10.2 Å². The third-order valence-electron chi connectivity index (χ3n) is 13.2. The van der Waals surface area contributed by atoms with Gasteiger partial charge in [0.2, 0.25) is 5.91 Å². The topological polar surface area (TPSA) is 114 Å². The Hall–Kier alpha value is -3.59. The standard InChI is InChI=1S/C68H117N2O7P/c1-7-10-13-16-19-22-25-28-29-30-31-32-33-34-35-36-37-38-39-40-41-43-46-49-52-55-58-61-68(72)77-66(59-56-53-50-47-44-27-24-21-18-15-12-9-3)65(64-76-78(73,74)75-63-62-70(4,5)6)69-67(71)60-57-54-51-48-45-42-26-23-20-17-14-11-8-2/h10-11,13-14,17,19-20,22-23,26,28-29,31-32,34-35,37-38,56,59,65-66H,7-9,12,15-16,18,21,24-25,27,30,33,36,39-55,57-58,60-64H2,1-6H3,(H-,69,71,73,74)/b13-10-,14-11+,20-17+,22-19-,26-23-,29-28-,32-31-,35-34-,38-37-,59-56-. The normalized spacial score (nSPS) is 14.5. The minimum absolute atomic E-state index is 0.0342. The van der Waals surface area contributed by atoms with Crippen LogP contribution in [0, 0.1) is 0 Å². The second-order valence-electron chi connectivity index (χ2n) is 21.9. The highest BCUT2D eigenvalue weighted by atomic mass is 31.2. The molecule has 0 fully saturated rings. The van der Waals surface area contributed by atoms with E-state index < -0.39 is 26.6 Å². The van der Waals surface area contributed by atoms with Crippen molar-refractivity contribution in [2.75, 3.05) is 40.9 Å². The van der Waals surface area contributed by atoms with Crippen LogP contribution in [0.1, 0.15) is 245 Å². The molecule has 3 atom stereocenters. The molecule has 0 bridgehead atoms. The summed E-state index contributed by atoms with van der Waals surface area (Å²) in [6.07, 6.45) is 78.9. The molecule has 0 saturated carbocycles. The van der Waals surface area contributed by atoms with Crippen molar-refractivity contribution in [2.24, 2.45) is 0 Å². The molecule has 0 saturated heterocycles. The highest BCUT2D eigenvalue weighted by Crippen LogP contribution is 2.38. The molecule has 10 heteroatoms. The maximum atomic E-state index is 13.5. The number of carbonyl (C=O) groups is 2. The van der Waals surface area contributed by atoms with E-state index in [0.717, 1.165) is 122 Å². The summed E-state index contributed by atoms with van der Waals surface area (Å²) in [5, 5.41) is 3.01. The van der Waals surface area contributed by atoms with E-state index in [-0.39, 0.29) is 31.3 Å². The number of nitrogens with zero attached hydrogens (tertiary/aromatic N) is 1. The Bertz CT molecular complexity index is 1750. The maximum Gasteiger partial charge on any atom is 0.306 e. The monoisotopic (exact) mass is 1100 g/mol. The number of allylic oxidation sites excluding steroid dienone is 19. The lowest BCUT2D eigenvalue weighted by Gasteiger charge is -2.30. The molecule has 0 aliphatic carbocycles. The molecule has 0 aliphatic heterocycles. The number of rotatable bonds is 55. The molecule has 1 N–H and O–H groups in total. The first-order valence-electron chi connectivity index (χ1n) is 31.4. The van der Waals surface area contributed by atoms with Crippen LogP contribution in [0.15, 0.2) is 122 Å². The summed E-state index contributed by atoms with van der Waals surface area (Å²) in [4.78, 5) is 39.9. The number of amides is 1. The zero-order valence-electron chi connectivity index (χ0n) is 50.8. The van der Waals surface area contributed by atoms with E-state index in [1.54, 1.807) is 0 Å². The average molecular weight is 1110 g/mol. The number of hydrogen-bond acceptors (Lipinski definition) is 7. The lowest BCUT2D eigenvalue weighted by Crippen LogP contribution is -2.47. The molecular formula is C68H117N2O7P. The van der Waals surface area contributed by atoms with Gasteiger partial charge in [0.15, 0.2) is 0 Å². The molecule has 0 aromatic rings. The number of phosphoric ester groups is 1. The van der Waals surface area contributed by atoms with Crippen molar-refractivity contribution >= 4 is 19.7 Å². The summed E-state index contributed by atoms with van der Waals surface area (Å²) in [7, 11) is 1.15. The van der Waals surface area contributed by atoms with Crippen LogP contribution in [-0.2, 0) is 27.9 Å². The quantitative estimate of drug-likeness (QED) is 0.0161. The van der Waals surface area contributed by atoms with Crippen molar-refractivity contribution in [1.29, 1.82) is 0 Å². The molecule has 9 nitrogen and oxygen atoms in total. The molecule has 78 heavy (non-hydrogen) atoms. The van der Waals surface area contributed by atoms with Crippen LogP contribution in [-0.4, -0.2) is 69.4 Å². The molecule has 3 unspecified atom stereocenters. The number of ether oxygens (including phenoxy) is 1. The summed E-state index contributed by atoms with van der Waals surface area (Å²) in [6.45, 7) is 6.55. The van der Waals surface area contributed by atoms with E-state index in [1.165, 1.54) is 77.0 Å². The Morgan fingerprint density at radius 1 is 0.474 bits per heavy atom. The van der Waals surface area contributed by atoms with Crippen molar-refractivity contribution in [1.82, 2.24) is 5.32 Å². The highest BCUT2D eigenvalue weighted by Gasteiger charge is 2.27. The van der Waals surface area contributed by atoms with Gasteiger partial charge in [-0.3, -0.25) is 14.2 Å². The third-order valence-corrected chi connectivity index (χ3v) is 14.2. The van der Waals surface area contributed by atoms with Crippen LogP contribution in [0.4, 0.5) is 0 Å². The molecule has 0 aromatic heterocycles. The Morgan fingerprint density at radius 2 is 0.885 bits per heavy atom. The van der Waals surface area contributed by atoms with Gasteiger partial charge < -0.3 is 28.5 Å². The number of likely N-dealkylation sites (N-methyl/N-ethyl adjacent to an activating group) is 1. The van der Waals surface area contributed by atoms with Gasteiger partial charge in [0.05, 0.1) is 33.8 Å². The lowest BCUT2D eigenvalue weighted by molar-refractivity contribution is -0.870. The number of nitrogens with one attached hydrogen (secondary N) is 1. The van der Waals surface area contributed by atoms with E-state index in [4.69, 9.17) is 13.8 Å². The second-order valence-corrected chi connectivity index (χ2v) is 23.3. The lowest BCUT2D eigenvalue weighted by atomic mass is 10.0. The third kappa shape index (κ3) is 57.1. The van der Waals surface area contributed by atoms with E-state index >= 15 is 0 Å². The van der Waals surface area contributed by atoms with Crippen molar-refractivity contribution in [3.05, 3.63) is 122 Å². The average Bonchev–Trinajstić information content (AvgIpc) is 3.40. The predicted molar refractivity (Wildman–Crippen MR) is 334 cm³/mol. The summed E-state index contributed by atoms with van der Waals surface area (Å²) in [5.41, 5.74) is 0. The van der Waals surface area contributed by atoms with Crippen LogP contribution in [0.25, 0.3) is 0 Å². The molecular weight excluding hydrogens is 988 g/mol. The van der Waals surface area contributed by atoms with Crippen molar-refractivity contribution in [2.45, 2.75) is 258 Å². The van der Waals surface area contributed by atoms with Gasteiger partial charge in [-0.1, -0.05) is 252 Å². The smallest absolute Gasteiger partial charge is 0.306 e. The van der Waals surface area contributed by atoms with Crippen LogP contribution >= 0.6 is 7.82 Å². The molecule has 0 heterocycles. The maximum absolute atomic E-state index is 13.5. The largest absolute Gasteiger partial charge is 0.756 e. The molecule has 0 spiro atoms. The zero-order valence-corrected chi connectivity index (χ0v) is 51.7. The number of unbranched alkanes of at least 4 members (excludes halogenated alkanes) is 23. The first-order chi connectivity index (χ1) is 37.9. The van der Waals surface area contributed by atoms with E-state index in [2.05, 4.69) is 129 Å². The number of quaternary nitrogens is 1. The molecule has 1 amide bonds. The Balaban J connectivity index is 5.15. The summed E-state index contributed by atoms with van der Waals surface area (Å²) >= 11 is 0. The van der Waals surface area contributed by atoms with Crippen molar-refractivity contribution in [3.63, 3.8) is 0 Å². The Morgan fingerprint density at radius 3 is 1.37 bits per heavy atom. The molecule has 0 rings (SSSR count). The van der Waals surface area contributed by atoms with Crippen LogP contribution in [0.3, 0.4) is 0 Å². The number of esters is 1. The molecule has 446 valence electrons. The van der Waals surface area contributed by atoms with Gasteiger partial charge in [0, 0.05) is 12.8 Å². The second kappa shape index (κ2) is 56.7. The zero-order chi connectivity index (χ0) is 57.2. The Kier molecular flexibility index (Phi) is 54.1. The van der Waals surface area contributed by atoms with Gasteiger partial charge in [-0.25, -0.2) is 0 Å². The minimum Gasteiger partial charge on any atom is -0.756 e. The van der Waals surface area contributed by atoms with Gasteiger partial charge in [0.1, 0.15) is 19.3 Å². The van der Waals surface area contributed by atoms with Gasteiger partial charge in [-0.05, 0) is 102 Å². The fourth-order valence-electron chi connectivity index (χ4n) is 8.41. The van der Waals surface area contributed by atoms with E-state index in [1.807, 2.05) is 39.4 Å². The van der Waals surface area contributed by atoms with Gasteiger partial charge in [-0.15, -0.1) is 0 Å².